The van der Waals surface area contributed by atoms with Gasteiger partial charge in [0.05, 0.1) is 19.3 Å². The normalized spacial score (nSPS) is 21.9. The number of esters is 1. The molecule has 0 bridgehead atoms. The van der Waals surface area contributed by atoms with Gasteiger partial charge in [-0.1, -0.05) is 25.1 Å². The number of benzene rings is 1. The molecule has 1 heterocycles. The summed E-state index contributed by atoms with van der Waals surface area (Å²) in [6.07, 6.45) is 1.10. The third kappa shape index (κ3) is 3.83. The number of dihydropyridines is 1. The van der Waals surface area contributed by atoms with Gasteiger partial charge in [-0.25, -0.2) is 4.79 Å². The number of carbonyl (C=O) groups is 2. The SMILES string of the molecule is COCCOC(=O)C1=C(C)NC2=C(C(=O)CC(c3ccccc3OC)C2)C1C. The molecule has 2 unspecified atom stereocenters. The molecule has 0 saturated heterocycles. The summed E-state index contributed by atoms with van der Waals surface area (Å²) >= 11 is 0. The van der Waals surface area contributed by atoms with Crippen LogP contribution in [-0.2, 0) is 19.1 Å². The Bertz CT molecular complexity index is 839. The van der Waals surface area contributed by atoms with Crippen molar-refractivity contribution in [1.82, 2.24) is 5.32 Å². The first kappa shape index (κ1) is 20.1. The molecule has 1 aliphatic carbocycles. The van der Waals surface area contributed by atoms with E-state index in [9.17, 15) is 9.59 Å². The first-order valence-electron chi connectivity index (χ1n) is 9.50. The highest BCUT2D eigenvalue weighted by Crippen LogP contribution is 2.43. The van der Waals surface area contributed by atoms with Gasteiger partial charge in [-0.2, -0.15) is 0 Å². The molecule has 0 radical (unpaired) electrons. The predicted octanol–water partition coefficient (Wildman–Crippen LogP) is 3.10. The number of para-hydroxylation sites is 1. The van der Waals surface area contributed by atoms with E-state index in [0.717, 1.165) is 22.7 Å². The summed E-state index contributed by atoms with van der Waals surface area (Å²) in [4.78, 5) is 25.5. The maximum atomic E-state index is 13.0. The number of methoxy groups -OCH3 is 2. The maximum absolute atomic E-state index is 13.0. The summed E-state index contributed by atoms with van der Waals surface area (Å²) in [6, 6.07) is 7.81. The molecule has 6 nitrogen and oxygen atoms in total. The van der Waals surface area contributed by atoms with Crippen molar-refractivity contribution >= 4 is 11.8 Å². The van der Waals surface area contributed by atoms with Crippen LogP contribution < -0.4 is 10.1 Å². The van der Waals surface area contributed by atoms with Crippen LogP contribution >= 0.6 is 0 Å². The summed E-state index contributed by atoms with van der Waals surface area (Å²) in [5.74, 6) is 0.206. The molecule has 28 heavy (non-hydrogen) atoms. The van der Waals surface area contributed by atoms with E-state index in [0.29, 0.717) is 30.6 Å². The average molecular weight is 385 g/mol. The Morgan fingerprint density at radius 3 is 2.64 bits per heavy atom. The van der Waals surface area contributed by atoms with E-state index in [4.69, 9.17) is 14.2 Å². The largest absolute Gasteiger partial charge is 0.496 e. The highest BCUT2D eigenvalue weighted by atomic mass is 16.6. The van der Waals surface area contributed by atoms with Gasteiger partial charge in [0.25, 0.3) is 0 Å². The number of hydrogen-bond donors (Lipinski definition) is 1. The van der Waals surface area contributed by atoms with Crippen LogP contribution in [0.5, 0.6) is 5.75 Å². The highest BCUT2D eigenvalue weighted by molar-refractivity contribution is 6.02. The minimum absolute atomic E-state index is 0.0464. The maximum Gasteiger partial charge on any atom is 0.336 e. The van der Waals surface area contributed by atoms with Crippen LogP contribution in [0.1, 0.15) is 38.2 Å². The van der Waals surface area contributed by atoms with Gasteiger partial charge in [0.1, 0.15) is 12.4 Å². The quantitative estimate of drug-likeness (QED) is 0.599. The second kappa shape index (κ2) is 8.61. The number of nitrogens with one attached hydrogen (secondary N) is 1. The summed E-state index contributed by atoms with van der Waals surface area (Å²) in [5.41, 5.74) is 3.87. The van der Waals surface area contributed by atoms with Gasteiger partial charge in [0.2, 0.25) is 0 Å². The van der Waals surface area contributed by atoms with E-state index in [1.807, 2.05) is 38.1 Å². The van der Waals surface area contributed by atoms with Gasteiger partial charge in [0, 0.05) is 42.3 Å². The number of carbonyl (C=O) groups excluding carboxylic acids is 2. The molecule has 2 atom stereocenters. The summed E-state index contributed by atoms with van der Waals surface area (Å²) < 4.78 is 15.7. The van der Waals surface area contributed by atoms with Crippen LogP contribution in [0, 0.1) is 5.92 Å². The Morgan fingerprint density at radius 2 is 1.93 bits per heavy atom. The van der Waals surface area contributed by atoms with Gasteiger partial charge in [-0.05, 0) is 25.0 Å². The summed E-state index contributed by atoms with van der Waals surface area (Å²) in [5, 5.41) is 3.30. The molecule has 1 aliphatic heterocycles. The molecule has 0 aromatic heterocycles. The number of rotatable bonds is 6. The van der Waals surface area contributed by atoms with Gasteiger partial charge in [-0.15, -0.1) is 0 Å². The van der Waals surface area contributed by atoms with Crippen LogP contribution in [0.25, 0.3) is 0 Å². The number of allylic oxidation sites excluding steroid dienone is 3. The second-order valence-electron chi connectivity index (χ2n) is 7.18. The van der Waals surface area contributed by atoms with Crippen LogP contribution in [-0.4, -0.2) is 39.2 Å². The molecular formula is C22H27NO5. The number of Topliss-reactive ketones (excluding diaryl/α,β-unsaturated/α-hetero) is 1. The smallest absolute Gasteiger partial charge is 0.336 e. The first-order chi connectivity index (χ1) is 13.5. The fourth-order valence-corrected chi connectivity index (χ4v) is 4.16. The van der Waals surface area contributed by atoms with Gasteiger partial charge in [-0.3, -0.25) is 4.79 Å². The van der Waals surface area contributed by atoms with Crippen molar-refractivity contribution in [3.8, 4) is 5.75 Å². The minimum Gasteiger partial charge on any atom is -0.496 e. The van der Waals surface area contributed by atoms with Gasteiger partial charge >= 0.3 is 5.97 Å². The fourth-order valence-electron chi connectivity index (χ4n) is 4.16. The topological polar surface area (TPSA) is 73.9 Å². The zero-order chi connectivity index (χ0) is 20.3. The lowest BCUT2D eigenvalue weighted by atomic mass is 9.74. The van der Waals surface area contributed by atoms with E-state index < -0.39 is 5.97 Å². The summed E-state index contributed by atoms with van der Waals surface area (Å²) in [7, 11) is 3.20. The molecule has 150 valence electrons. The molecule has 0 saturated carbocycles. The average Bonchev–Trinajstić information content (AvgIpc) is 2.67. The summed E-state index contributed by atoms with van der Waals surface area (Å²) in [6.45, 7) is 4.28. The van der Waals surface area contributed by atoms with Crippen LogP contribution in [0.3, 0.4) is 0 Å². The van der Waals surface area contributed by atoms with Crippen LogP contribution in [0.2, 0.25) is 0 Å². The molecule has 1 aromatic rings. The standard InChI is InChI=1S/C22H27NO5/c1-13-20(22(25)28-10-9-26-3)14(2)23-17-11-15(12-18(24)21(13)17)16-7-5-6-8-19(16)27-4/h5-8,13,15,23H,9-12H2,1-4H3. The molecule has 0 spiro atoms. The molecule has 6 heteroatoms. The zero-order valence-electron chi connectivity index (χ0n) is 16.8. The van der Waals surface area contributed by atoms with E-state index in [1.165, 1.54) is 0 Å². The Kier molecular flexibility index (Phi) is 6.19. The van der Waals surface area contributed by atoms with Crippen molar-refractivity contribution in [3.63, 3.8) is 0 Å². The van der Waals surface area contributed by atoms with Crippen LogP contribution in [0.4, 0.5) is 0 Å². The Labute approximate surface area is 165 Å². The van der Waals surface area contributed by atoms with Crippen molar-refractivity contribution in [2.45, 2.75) is 32.6 Å². The fraction of sp³-hybridized carbons (Fsp3) is 0.455. The van der Waals surface area contributed by atoms with Crippen molar-refractivity contribution in [2.24, 2.45) is 5.92 Å². The van der Waals surface area contributed by atoms with Crippen molar-refractivity contribution in [1.29, 1.82) is 0 Å². The molecule has 3 rings (SSSR count). The lowest BCUT2D eigenvalue weighted by Crippen LogP contribution is -2.36. The van der Waals surface area contributed by atoms with E-state index in [2.05, 4.69) is 5.32 Å². The molecule has 2 aliphatic rings. The molecule has 1 N–H and O–H groups in total. The Hall–Kier alpha value is -2.60. The molecular weight excluding hydrogens is 358 g/mol. The molecule has 0 amide bonds. The first-order valence-corrected chi connectivity index (χ1v) is 9.50. The Morgan fingerprint density at radius 1 is 1.18 bits per heavy atom. The van der Waals surface area contributed by atoms with Gasteiger partial charge in [0.15, 0.2) is 5.78 Å². The number of ketones is 1. The van der Waals surface area contributed by atoms with Crippen molar-refractivity contribution in [2.75, 3.05) is 27.4 Å². The molecule has 0 fully saturated rings. The molecule has 1 aromatic carbocycles. The monoisotopic (exact) mass is 385 g/mol. The number of ether oxygens (including phenoxy) is 3. The van der Waals surface area contributed by atoms with Crippen molar-refractivity contribution in [3.05, 3.63) is 52.4 Å². The van der Waals surface area contributed by atoms with Gasteiger partial charge < -0.3 is 19.5 Å². The van der Waals surface area contributed by atoms with Crippen LogP contribution in [0.15, 0.2) is 46.8 Å². The zero-order valence-corrected chi connectivity index (χ0v) is 16.8. The Balaban J connectivity index is 1.84. The highest BCUT2D eigenvalue weighted by Gasteiger charge is 2.38. The third-order valence-corrected chi connectivity index (χ3v) is 5.44. The predicted molar refractivity (Wildman–Crippen MR) is 105 cm³/mol. The van der Waals surface area contributed by atoms with E-state index >= 15 is 0 Å². The third-order valence-electron chi connectivity index (χ3n) is 5.44. The number of hydrogen-bond acceptors (Lipinski definition) is 6. The second-order valence-corrected chi connectivity index (χ2v) is 7.18. The van der Waals surface area contributed by atoms with Crippen molar-refractivity contribution < 1.29 is 23.8 Å². The lowest BCUT2D eigenvalue weighted by molar-refractivity contribution is -0.140. The van der Waals surface area contributed by atoms with E-state index in [-0.39, 0.29) is 24.2 Å². The lowest BCUT2D eigenvalue weighted by Gasteiger charge is -2.35. The minimum atomic E-state index is -0.402. The van der Waals surface area contributed by atoms with E-state index in [1.54, 1.807) is 14.2 Å².